The van der Waals surface area contributed by atoms with Crippen molar-refractivity contribution < 1.29 is 84.5 Å². The number of hydrogen-bond acceptors (Lipinski definition) is 2. The topological polar surface area (TPSA) is 29.5 Å². The van der Waals surface area contributed by atoms with Crippen molar-refractivity contribution in [2.75, 3.05) is 7.11 Å². The van der Waals surface area contributed by atoms with Crippen molar-refractivity contribution in [3.05, 3.63) is 29.8 Å². The van der Waals surface area contributed by atoms with Crippen molar-refractivity contribution in [1.82, 2.24) is 0 Å². The first-order valence-electron chi connectivity index (χ1n) is 9.08. The molecule has 0 amide bonds. The van der Waals surface area contributed by atoms with Crippen LogP contribution in [0.1, 0.15) is 18.9 Å². The van der Waals surface area contributed by atoms with E-state index >= 15 is 0 Å². The molecular formula is C18H13F17O2. The van der Waals surface area contributed by atoms with Gasteiger partial charge in [0.15, 0.2) is 0 Å². The summed E-state index contributed by atoms with van der Waals surface area (Å²) in [6.07, 6.45) is -10.8. The quantitative estimate of drug-likeness (QED) is 0.293. The van der Waals surface area contributed by atoms with Gasteiger partial charge >= 0.3 is 47.6 Å². The van der Waals surface area contributed by atoms with Crippen molar-refractivity contribution in [3.63, 3.8) is 0 Å². The monoisotopic (exact) mass is 584 g/mol. The van der Waals surface area contributed by atoms with Gasteiger partial charge in [-0.3, -0.25) is 0 Å². The van der Waals surface area contributed by atoms with Crippen molar-refractivity contribution >= 4 is 0 Å². The number of rotatable bonds is 10. The molecule has 0 aliphatic heterocycles. The Labute approximate surface area is 195 Å². The summed E-state index contributed by atoms with van der Waals surface area (Å²) in [6.45, 7) is 0.217. The van der Waals surface area contributed by atoms with Crippen molar-refractivity contribution in [2.24, 2.45) is 0 Å². The van der Waals surface area contributed by atoms with E-state index in [0.717, 1.165) is 19.2 Å². The molecule has 1 atom stereocenters. The number of methoxy groups -OCH3 is 1. The van der Waals surface area contributed by atoms with Gasteiger partial charge in [0.05, 0.1) is 19.1 Å². The Kier molecular flexibility index (Phi) is 7.92. The Morgan fingerprint density at radius 2 is 1.00 bits per heavy atom. The fourth-order valence-corrected chi connectivity index (χ4v) is 2.80. The van der Waals surface area contributed by atoms with Gasteiger partial charge in [0, 0.05) is 0 Å². The summed E-state index contributed by atoms with van der Waals surface area (Å²) < 4.78 is 231. The zero-order valence-corrected chi connectivity index (χ0v) is 17.8. The summed E-state index contributed by atoms with van der Waals surface area (Å²) in [5.41, 5.74) is -4.22. The largest absolute Gasteiger partial charge is 0.497 e. The lowest BCUT2D eigenvalue weighted by Crippen LogP contribution is -2.74. The second kappa shape index (κ2) is 8.93. The lowest BCUT2D eigenvalue weighted by molar-refractivity contribution is -0.462. The van der Waals surface area contributed by atoms with Crippen LogP contribution in [-0.2, 0) is 5.60 Å². The Hall–Kier alpha value is -2.21. The lowest BCUT2D eigenvalue weighted by Gasteiger charge is -2.43. The summed E-state index contributed by atoms with van der Waals surface area (Å²) in [6, 6.07) is 3.34. The third-order valence-electron chi connectivity index (χ3n) is 5.04. The maximum atomic E-state index is 14.2. The average molecular weight is 584 g/mol. The van der Waals surface area contributed by atoms with Crippen molar-refractivity contribution in [2.45, 2.75) is 66.6 Å². The molecule has 0 aliphatic carbocycles. The van der Waals surface area contributed by atoms with Gasteiger partial charge in [0.2, 0.25) is 0 Å². The van der Waals surface area contributed by atoms with E-state index in [4.69, 9.17) is 0 Å². The maximum absolute atomic E-state index is 14.2. The van der Waals surface area contributed by atoms with E-state index in [2.05, 4.69) is 4.74 Å². The highest BCUT2D eigenvalue weighted by Crippen LogP contribution is 2.64. The summed E-state index contributed by atoms with van der Waals surface area (Å²) in [5.74, 6) is -57.4. The first-order valence-corrected chi connectivity index (χ1v) is 9.08. The molecule has 1 aromatic rings. The number of ether oxygens (including phenoxy) is 1. The van der Waals surface area contributed by atoms with E-state index in [0.29, 0.717) is 12.1 Å². The Balaban J connectivity index is 3.61. The number of aliphatic hydroxyl groups is 1. The van der Waals surface area contributed by atoms with E-state index in [1.54, 1.807) is 0 Å². The molecule has 2 nitrogen and oxygen atoms in total. The SMILES string of the molecule is COc1cccc(C(C)(O)CC(F)(F)C(F)(F)C(F)(F)C(F)(F)C(F)(F)C(F)(F)C(F)(F)C(F)(F)F)c1. The van der Waals surface area contributed by atoms with Crippen molar-refractivity contribution in [1.29, 1.82) is 0 Å². The van der Waals surface area contributed by atoms with Crippen LogP contribution in [0, 0.1) is 0 Å². The molecule has 1 N–H and O–H groups in total. The van der Waals surface area contributed by atoms with E-state index in [-0.39, 0.29) is 12.7 Å². The van der Waals surface area contributed by atoms with E-state index in [1.807, 2.05) is 0 Å². The van der Waals surface area contributed by atoms with Crippen LogP contribution >= 0.6 is 0 Å². The van der Waals surface area contributed by atoms with Gasteiger partial charge in [-0.2, -0.15) is 74.6 Å². The minimum absolute atomic E-state index is 0.217. The summed E-state index contributed by atoms with van der Waals surface area (Å²) in [4.78, 5) is 0. The Morgan fingerprint density at radius 1 is 0.622 bits per heavy atom. The highest BCUT2D eigenvalue weighted by Gasteiger charge is 2.95. The van der Waals surface area contributed by atoms with E-state index < -0.39 is 65.2 Å². The highest BCUT2D eigenvalue weighted by atomic mass is 19.4. The molecule has 19 heteroatoms. The third-order valence-corrected chi connectivity index (χ3v) is 5.04. The van der Waals surface area contributed by atoms with Gasteiger partial charge in [-0.15, -0.1) is 0 Å². The second-order valence-corrected chi connectivity index (χ2v) is 7.83. The molecule has 0 radical (unpaired) electrons. The van der Waals surface area contributed by atoms with Gasteiger partial charge < -0.3 is 9.84 Å². The molecule has 0 bridgehead atoms. The Bertz CT molecular complexity index is 965. The fraction of sp³-hybridized carbons (Fsp3) is 0.667. The smallest absolute Gasteiger partial charge is 0.460 e. The van der Waals surface area contributed by atoms with Crippen LogP contribution in [0.4, 0.5) is 74.6 Å². The average Bonchev–Trinajstić information content (AvgIpc) is 2.71. The maximum Gasteiger partial charge on any atom is 0.460 e. The molecule has 216 valence electrons. The molecule has 0 fully saturated rings. The van der Waals surface area contributed by atoms with Gasteiger partial charge in [0.1, 0.15) is 5.75 Å². The van der Waals surface area contributed by atoms with Crippen LogP contribution in [-0.4, -0.2) is 59.9 Å². The van der Waals surface area contributed by atoms with Crippen LogP contribution in [0.2, 0.25) is 0 Å². The van der Waals surface area contributed by atoms with E-state index in [9.17, 15) is 79.7 Å². The fourth-order valence-electron chi connectivity index (χ4n) is 2.80. The first kappa shape index (κ1) is 32.8. The summed E-state index contributed by atoms with van der Waals surface area (Å²) in [7, 11) is 0.970. The van der Waals surface area contributed by atoms with Crippen molar-refractivity contribution in [3.8, 4) is 5.75 Å². The predicted octanol–water partition coefficient (Wildman–Crippen LogP) is 7.30. The molecule has 0 aromatic heterocycles. The van der Waals surface area contributed by atoms with Gasteiger partial charge in [-0.1, -0.05) is 12.1 Å². The van der Waals surface area contributed by atoms with Crippen LogP contribution in [0.25, 0.3) is 0 Å². The molecule has 1 unspecified atom stereocenters. The number of halogens is 17. The van der Waals surface area contributed by atoms with Gasteiger partial charge in [0.25, 0.3) is 0 Å². The van der Waals surface area contributed by atoms with Crippen LogP contribution in [0.5, 0.6) is 5.75 Å². The molecular weight excluding hydrogens is 571 g/mol. The molecule has 37 heavy (non-hydrogen) atoms. The van der Waals surface area contributed by atoms with E-state index in [1.165, 1.54) is 0 Å². The number of hydrogen-bond donors (Lipinski definition) is 1. The minimum Gasteiger partial charge on any atom is -0.497 e. The number of benzene rings is 1. The number of alkyl halides is 17. The van der Waals surface area contributed by atoms with Gasteiger partial charge in [-0.25, -0.2) is 0 Å². The molecule has 1 rings (SSSR count). The van der Waals surface area contributed by atoms with Gasteiger partial charge in [-0.05, 0) is 24.6 Å². The third kappa shape index (κ3) is 4.75. The molecule has 1 aromatic carbocycles. The summed E-state index contributed by atoms with van der Waals surface area (Å²) >= 11 is 0. The minimum atomic E-state index is -8.70. The summed E-state index contributed by atoms with van der Waals surface area (Å²) in [5, 5.41) is 10.1. The lowest BCUT2D eigenvalue weighted by atomic mass is 9.83. The van der Waals surface area contributed by atoms with Crippen LogP contribution in [0.3, 0.4) is 0 Å². The van der Waals surface area contributed by atoms with Crippen LogP contribution < -0.4 is 4.74 Å². The zero-order valence-electron chi connectivity index (χ0n) is 17.8. The Morgan fingerprint density at radius 3 is 1.38 bits per heavy atom. The highest BCUT2D eigenvalue weighted by molar-refractivity contribution is 5.32. The molecule has 0 saturated heterocycles. The molecule has 0 saturated carbocycles. The predicted molar refractivity (Wildman–Crippen MR) is 87.9 cm³/mol. The normalized spacial score (nSPS) is 17.0. The second-order valence-electron chi connectivity index (χ2n) is 7.83. The molecule has 0 spiro atoms. The molecule has 0 heterocycles. The standard InChI is InChI=1S/C18H13F17O2/c1-10(36,8-4-3-5-9(6-8)37-2)7-11(19,20)12(21,22)13(23,24)14(25,26)15(27,28)16(29,30)17(31,32)18(33,34)35/h3-6,36H,7H2,1-2H3. The molecule has 0 aliphatic rings. The zero-order chi connectivity index (χ0) is 29.9. The van der Waals surface area contributed by atoms with Crippen LogP contribution in [0.15, 0.2) is 24.3 Å². The first-order chi connectivity index (χ1) is 16.0.